The van der Waals surface area contributed by atoms with Crippen molar-refractivity contribution in [3.63, 3.8) is 0 Å². The summed E-state index contributed by atoms with van der Waals surface area (Å²) in [5, 5.41) is 14.1. The van der Waals surface area contributed by atoms with Crippen LogP contribution in [0.25, 0.3) is 0 Å². The Balaban J connectivity index is 1.83. The van der Waals surface area contributed by atoms with Crippen LogP contribution < -0.4 is 0 Å². The van der Waals surface area contributed by atoms with Crippen molar-refractivity contribution < 1.29 is 14.7 Å². The first-order valence-corrected chi connectivity index (χ1v) is 8.96. The molecule has 1 aliphatic heterocycles. The predicted molar refractivity (Wildman–Crippen MR) is 89.8 cm³/mol. The number of likely N-dealkylation sites (tertiary alicyclic amines) is 1. The quantitative estimate of drug-likeness (QED) is 0.898. The smallest absolute Gasteiger partial charge is 0.311 e. The van der Waals surface area contributed by atoms with E-state index in [4.69, 9.17) is 0 Å². The van der Waals surface area contributed by atoms with Gasteiger partial charge in [-0.05, 0) is 31.1 Å². The molecule has 1 aromatic heterocycles. The molecule has 132 valence electrons. The molecule has 1 N–H and O–H groups in total. The topological polar surface area (TPSA) is 75.4 Å². The third-order valence-corrected chi connectivity index (χ3v) is 5.64. The Morgan fingerprint density at radius 1 is 1.46 bits per heavy atom. The van der Waals surface area contributed by atoms with Gasteiger partial charge in [0.1, 0.15) is 0 Å². The maximum atomic E-state index is 13.0. The predicted octanol–water partition coefficient (Wildman–Crippen LogP) is 2.43. The number of aromatic nitrogens is 2. The van der Waals surface area contributed by atoms with Crippen LogP contribution in [0.3, 0.4) is 0 Å². The first-order valence-electron chi connectivity index (χ1n) is 8.96. The van der Waals surface area contributed by atoms with Gasteiger partial charge in [-0.25, -0.2) is 0 Å². The van der Waals surface area contributed by atoms with Gasteiger partial charge in [-0.3, -0.25) is 14.3 Å². The molecule has 2 aliphatic rings. The highest BCUT2D eigenvalue weighted by molar-refractivity contribution is 5.96. The lowest BCUT2D eigenvalue weighted by molar-refractivity contribution is -0.149. The number of nitrogens with zero attached hydrogens (tertiary/aromatic N) is 3. The minimum Gasteiger partial charge on any atom is -0.481 e. The Morgan fingerprint density at radius 2 is 2.21 bits per heavy atom. The Kier molecular flexibility index (Phi) is 4.40. The number of fused-ring (bicyclic) bond motifs is 1. The van der Waals surface area contributed by atoms with Crippen LogP contribution in [0.1, 0.15) is 56.1 Å². The third kappa shape index (κ3) is 2.62. The van der Waals surface area contributed by atoms with E-state index in [1.54, 1.807) is 11.1 Å². The average molecular weight is 333 g/mol. The van der Waals surface area contributed by atoms with E-state index in [0.29, 0.717) is 31.0 Å². The van der Waals surface area contributed by atoms with Crippen LogP contribution >= 0.6 is 0 Å². The molecule has 1 aromatic rings. The minimum atomic E-state index is -0.744. The van der Waals surface area contributed by atoms with Crippen LogP contribution in [0, 0.1) is 17.3 Å². The molecular formula is C18H27N3O3. The van der Waals surface area contributed by atoms with Gasteiger partial charge in [-0.2, -0.15) is 5.10 Å². The van der Waals surface area contributed by atoms with Crippen molar-refractivity contribution in [2.45, 2.75) is 53.0 Å². The summed E-state index contributed by atoms with van der Waals surface area (Å²) < 4.78 is 1.92. The molecule has 0 spiro atoms. The van der Waals surface area contributed by atoms with Gasteiger partial charge in [0, 0.05) is 19.6 Å². The van der Waals surface area contributed by atoms with E-state index in [2.05, 4.69) is 18.9 Å². The molecule has 2 heterocycles. The SMILES string of the molecule is CCc1c(C(=O)N2C[C@@H]3CCC[C@@]3(C(=O)O)C2)cnn1CC(C)C. The number of rotatable bonds is 5. The Hall–Kier alpha value is -1.85. The molecule has 6 nitrogen and oxygen atoms in total. The van der Waals surface area contributed by atoms with Gasteiger partial charge < -0.3 is 10.0 Å². The number of aliphatic carboxylic acids is 1. The highest BCUT2D eigenvalue weighted by atomic mass is 16.4. The summed E-state index contributed by atoms with van der Waals surface area (Å²) in [6.45, 7) is 7.97. The van der Waals surface area contributed by atoms with E-state index in [1.165, 1.54) is 0 Å². The summed E-state index contributed by atoms with van der Waals surface area (Å²) in [5.74, 6) is -0.252. The fourth-order valence-electron chi connectivity index (χ4n) is 4.43. The molecule has 6 heteroatoms. The minimum absolute atomic E-state index is 0.0584. The Morgan fingerprint density at radius 3 is 2.79 bits per heavy atom. The lowest BCUT2D eigenvalue weighted by Crippen LogP contribution is -2.37. The summed E-state index contributed by atoms with van der Waals surface area (Å²) >= 11 is 0. The summed E-state index contributed by atoms with van der Waals surface area (Å²) in [5.41, 5.74) is 0.865. The number of hydrogen-bond donors (Lipinski definition) is 1. The second kappa shape index (κ2) is 6.22. The van der Waals surface area contributed by atoms with Gasteiger partial charge in [0.15, 0.2) is 0 Å². The molecule has 0 bridgehead atoms. The zero-order valence-corrected chi connectivity index (χ0v) is 14.8. The van der Waals surface area contributed by atoms with Gasteiger partial charge in [0.05, 0.1) is 22.9 Å². The maximum Gasteiger partial charge on any atom is 0.311 e. The van der Waals surface area contributed by atoms with Crippen LogP contribution in [0.2, 0.25) is 0 Å². The van der Waals surface area contributed by atoms with Gasteiger partial charge in [0.2, 0.25) is 0 Å². The van der Waals surface area contributed by atoms with Crippen molar-refractivity contribution in [1.82, 2.24) is 14.7 Å². The van der Waals surface area contributed by atoms with Gasteiger partial charge in [0.25, 0.3) is 5.91 Å². The molecule has 0 unspecified atom stereocenters. The standard InChI is InChI=1S/C18H27N3O3/c1-4-15-14(8-19-21(15)9-12(2)3)16(22)20-10-13-6-5-7-18(13,11-20)17(23)24/h8,12-13H,4-7,9-11H2,1-3H3,(H,23,24)/t13-,18+/m0/s1. The number of carbonyl (C=O) groups excluding carboxylic acids is 1. The normalized spacial score (nSPS) is 26.2. The Labute approximate surface area is 142 Å². The molecule has 0 radical (unpaired) electrons. The third-order valence-electron chi connectivity index (χ3n) is 5.64. The first kappa shape index (κ1) is 17.0. The highest BCUT2D eigenvalue weighted by Gasteiger charge is 2.56. The van der Waals surface area contributed by atoms with E-state index in [9.17, 15) is 14.7 Å². The zero-order valence-electron chi connectivity index (χ0n) is 14.8. The summed E-state index contributed by atoms with van der Waals surface area (Å²) in [4.78, 5) is 26.5. The highest BCUT2D eigenvalue weighted by Crippen LogP contribution is 2.49. The van der Waals surface area contributed by atoms with Gasteiger partial charge >= 0.3 is 5.97 Å². The summed E-state index contributed by atoms with van der Waals surface area (Å²) in [6.07, 6.45) is 4.94. The Bertz CT molecular complexity index is 652. The fraction of sp³-hybridized carbons (Fsp3) is 0.722. The molecule has 3 rings (SSSR count). The summed E-state index contributed by atoms with van der Waals surface area (Å²) in [7, 11) is 0. The monoisotopic (exact) mass is 333 g/mol. The first-order chi connectivity index (χ1) is 11.4. The molecule has 1 saturated heterocycles. The molecule has 1 aliphatic carbocycles. The number of carbonyl (C=O) groups is 2. The van der Waals surface area contributed by atoms with Crippen molar-refractivity contribution in [2.75, 3.05) is 13.1 Å². The van der Waals surface area contributed by atoms with Crippen LogP contribution in [0.4, 0.5) is 0 Å². The van der Waals surface area contributed by atoms with E-state index in [0.717, 1.165) is 31.5 Å². The second-order valence-electron chi connectivity index (χ2n) is 7.67. The number of carboxylic acid groups (broad SMARTS) is 1. The van der Waals surface area contributed by atoms with Crippen molar-refractivity contribution in [1.29, 1.82) is 0 Å². The van der Waals surface area contributed by atoms with Crippen molar-refractivity contribution >= 4 is 11.9 Å². The van der Waals surface area contributed by atoms with E-state index >= 15 is 0 Å². The van der Waals surface area contributed by atoms with E-state index < -0.39 is 11.4 Å². The molecule has 1 amide bonds. The van der Waals surface area contributed by atoms with Crippen LogP contribution in [0.15, 0.2) is 6.20 Å². The van der Waals surface area contributed by atoms with Crippen LogP contribution in [-0.4, -0.2) is 44.8 Å². The maximum absolute atomic E-state index is 13.0. The molecule has 2 atom stereocenters. The average Bonchev–Trinajstić information content (AvgIpc) is 3.17. The molecule has 24 heavy (non-hydrogen) atoms. The largest absolute Gasteiger partial charge is 0.481 e. The van der Waals surface area contributed by atoms with E-state index in [-0.39, 0.29) is 11.8 Å². The molecular weight excluding hydrogens is 306 g/mol. The molecule has 2 fully saturated rings. The zero-order chi connectivity index (χ0) is 17.5. The van der Waals surface area contributed by atoms with Crippen molar-refractivity contribution in [2.24, 2.45) is 17.3 Å². The molecule has 0 aromatic carbocycles. The second-order valence-corrected chi connectivity index (χ2v) is 7.67. The lowest BCUT2D eigenvalue weighted by atomic mass is 9.81. The summed E-state index contributed by atoms with van der Waals surface area (Å²) in [6, 6.07) is 0. The van der Waals surface area contributed by atoms with Gasteiger partial charge in [-0.1, -0.05) is 27.2 Å². The number of carboxylic acids is 1. The molecule has 1 saturated carbocycles. The van der Waals surface area contributed by atoms with Gasteiger partial charge in [-0.15, -0.1) is 0 Å². The van der Waals surface area contributed by atoms with Crippen molar-refractivity contribution in [3.8, 4) is 0 Å². The van der Waals surface area contributed by atoms with Crippen molar-refractivity contribution in [3.05, 3.63) is 17.5 Å². The van der Waals surface area contributed by atoms with Crippen LogP contribution in [0.5, 0.6) is 0 Å². The lowest BCUT2D eigenvalue weighted by Gasteiger charge is -2.23. The van der Waals surface area contributed by atoms with E-state index in [1.807, 2.05) is 11.6 Å². The fourth-order valence-corrected chi connectivity index (χ4v) is 4.43. The number of hydrogen-bond acceptors (Lipinski definition) is 3. The number of amides is 1. The van der Waals surface area contributed by atoms with Crippen LogP contribution in [-0.2, 0) is 17.8 Å².